The lowest BCUT2D eigenvalue weighted by Gasteiger charge is -2.22. The lowest BCUT2D eigenvalue weighted by Crippen LogP contribution is -2.17. The highest BCUT2D eigenvalue weighted by molar-refractivity contribution is 5.78. The molecule has 1 aliphatic rings. The molecule has 1 aliphatic heterocycles. The van der Waals surface area contributed by atoms with Gasteiger partial charge in [-0.2, -0.15) is 0 Å². The van der Waals surface area contributed by atoms with Crippen molar-refractivity contribution >= 4 is 6.21 Å². The highest BCUT2D eigenvalue weighted by atomic mass is 14.7. The van der Waals surface area contributed by atoms with E-state index < -0.39 is 0 Å². The van der Waals surface area contributed by atoms with Crippen LogP contribution >= 0.6 is 0 Å². The SMILES string of the molecule is CC1=CC(C(C)C)C(C)CN=C1. The normalized spacial score (nSPS) is 30.2. The summed E-state index contributed by atoms with van der Waals surface area (Å²) in [5, 5.41) is 0. The van der Waals surface area contributed by atoms with Crippen molar-refractivity contribution in [2.24, 2.45) is 22.7 Å². The molecule has 0 aromatic heterocycles. The molecule has 1 nitrogen and oxygen atoms in total. The maximum Gasteiger partial charge on any atom is 0.0420 e. The number of hydrogen-bond donors (Lipinski definition) is 0. The minimum absolute atomic E-state index is 0.693. The molecule has 0 aliphatic carbocycles. The van der Waals surface area contributed by atoms with Crippen molar-refractivity contribution in [3.63, 3.8) is 0 Å². The van der Waals surface area contributed by atoms with Crippen LogP contribution in [0.4, 0.5) is 0 Å². The topological polar surface area (TPSA) is 12.4 Å². The van der Waals surface area contributed by atoms with Gasteiger partial charge in [-0.3, -0.25) is 4.99 Å². The molecule has 0 saturated carbocycles. The van der Waals surface area contributed by atoms with Gasteiger partial charge in [-0.15, -0.1) is 0 Å². The van der Waals surface area contributed by atoms with Crippen molar-refractivity contribution in [1.82, 2.24) is 0 Å². The van der Waals surface area contributed by atoms with Crippen molar-refractivity contribution in [3.8, 4) is 0 Å². The minimum Gasteiger partial charge on any atom is -0.293 e. The van der Waals surface area contributed by atoms with Crippen LogP contribution in [0.3, 0.4) is 0 Å². The summed E-state index contributed by atoms with van der Waals surface area (Å²) in [7, 11) is 0. The Bertz CT molecular complexity index is 201. The van der Waals surface area contributed by atoms with Crippen LogP contribution in [0.5, 0.6) is 0 Å². The first kappa shape index (κ1) is 9.50. The third kappa shape index (κ3) is 2.20. The Morgan fingerprint density at radius 2 is 2.17 bits per heavy atom. The van der Waals surface area contributed by atoms with E-state index in [0.29, 0.717) is 11.8 Å². The Hall–Kier alpha value is -0.590. The molecule has 0 bridgehead atoms. The van der Waals surface area contributed by atoms with E-state index in [0.717, 1.165) is 12.5 Å². The summed E-state index contributed by atoms with van der Waals surface area (Å²) in [4.78, 5) is 4.37. The Morgan fingerprint density at radius 3 is 2.75 bits per heavy atom. The van der Waals surface area contributed by atoms with E-state index in [-0.39, 0.29) is 0 Å². The predicted octanol–water partition coefficient (Wildman–Crippen LogP) is 2.93. The zero-order chi connectivity index (χ0) is 9.14. The Labute approximate surface area is 75.6 Å². The van der Waals surface area contributed by atoms with E-state index in [4.69, 9.17) is 0 Å². The number of aliphatic imine (C=N–C) groups is 1. The molecule has 1 heterocycles. The Balaban J connectivity index is 2.78. The molecule has 0 fully saturated rings. The minimum atomic E-state index is 0.693. The van der Waals surface area contributed by atoms with Crippen molar-refractivity contribution in [2.75, 3.05) is 6.54 Å². The monoisotopic (exact) mass is 165 g/mol. The van der Waals surface area contributed by atoms with Gasteiger partial charge >= 0.3 is 0 Å². The second-order valence-electron chi connectivity index (χ2n) is 4.20. The molecule has 1 rings (SSSR count). The first-order chi connectivity index (χ1) is 5.61. The summed E-state index contributed by atoms with van der Waals surface area (Å²) >= 11 is 0. The van der Waals surface area contributed by atoms with E-state index in [1.165, 1.54) is 5.57 Å². The fourth-order valence-corrected chi connectivity index (χ4v) is 1.85. The number of allylic oxidation sites excluding steroid dienone is 2. The molecule has 0 N–H and O–H groups in total. The summed E-state index contributed by atoms with van der Waals surface area (Å²) in [6, 6.07) is 0. The molecule has 68 valence electrons. The quantitative estimate of drug-likeness (QED) is 0.566. The van der Waals surface area contributed by atoms with Gasteiger partial charge in [-0.05, 0) is 30.3 Å². The number of nitrogens with zero attached hydrogens (tertiary/aromatic N) is 1. The maximum atomic E-state index is 4.37. The fourth-order valence-electron chi connectivity index (χ4n) is 1.85. The van der Waals surface area contributed by atoms with E-state index >= 15 is 0 Å². The predicted molar refractivity (Wildman–Crippen MR) is 54.6 cm³/mol. The van der Waals surface area contributed by atoms with Crippen LogP contribution in [-0.4, -0.2) is 12.8 Å². The van der Waals surface area contributed by atoms with Crippen LogP contribution in [0.25, 0.3) is 0 Å². The second-order valence-corrected chi connectivity index (χ2v) is 4.20. The van der Waals surface area contributed by atoms with E-state index in [2.05, 4.69) is 38.8 Å². The summed E-state index contributed by atoms with van der Waals surface area (Å²) in [6.45, 7) is 9.98. The molecule has 2 unspecified atom stereocenters. The van der Waals surface area contributed by atoms with Crippen molar-refractivity contribution in [2.45, 2.75) is 27.7 Å². The zero-order valence-corrected chi connectivity index (χ0v) is 8.54. The summed E-state index contributed by atoms with van der Waals surface area (Å²) in [6.07, 6.45) is 4.37. The molecule has 0 aromatic carbocycles. The van der Waals surface area contributed by atoms with E-state index in [1.54, 1.807) is 0 Å². The molecule has 1 heteroatoms. The molecular weight excluding hydrogens is 146 g/mol. The second kappa shape index (κ2) is 3.88. The van der Waals surface area contributed by atoms with E-state index in [1.807, 2.05) is 6.21 Å². The van der Waals surface area contributed by atoms with Gasteiger partial charge < -0.3 is 0 Å². The molecule has 0 spiro atoms. The highest BCUT2D eigenvalue weighted by Crippen LogP contribution is 2.25. The van der Waals surface area contributed by atoms with Crippen molar-refractivity contribution < 1.29 is 0 Å². The maximum absolute atomic E-state index is 4.37. The Morgan fingerprint density at radius 1 is 1.50 bits per heavy atom. The van der Waals surface area contributed by atoms with Crippen molar-refractivity contribution in [3.05, 3.63) is 11.6 Å². The highest BCUT2D eigenvalue weighted by Gasteiger charge is 2.19. The van der Waals surface area contributed by atoms with Crippen LogP contribution in [-0.2, 0) is 0 Å². The standard InChI is InChI=1S/C11H19N/c1-8(2)11-5-9(3)6-12-7-10(11)4/h5-6,8,10-11H,7H2,1-4H3. The first-order valence-electron chi connectivity index (χ1n) is 4.79. The number of hydrogen-bond acceptors (Lipinski definition) is 1. The van der Waals surface area contributed by atoms with Gasteiger partial charge in [0.25, 0.3) is 0 Å². The molecule has 0 radical (unpaired) electrons. The summed E-state index contributed by atoms with van der Waals surface area (Å²) < 4.78 is 0. The van der Waals surface area contributed by atoms with Gasteiger partial charge in [0, 0.05) is 12.8 Å². The molecular formula is C11H19N. The molecule has 0 saturated heterocycles. The van der Waals surface area contributed by atoms with Crippen LogP contribution < -0.4 is 0 Å². The zero-order valence-electron chi connectivity index (χ0n) is 8.54. The van der Waals surface area contributed by atoms with Gasteiger partial charge in [-0.1, -0.05) is 26.8 Å². The average Bonchev–Trinajstić information content (AvgIpc) is 2.13. The lowest BCUT2D eigenvalue weighted by atomic mass is 9.84. The van der Waals surface area contributed by atoms with Gasteiger partial charge in [0.1, 0.15) is 0 Å². The third-order valence-corrected chi connectivity index (χ3v) is 2.57. The molecule has 0 aromatic rings. The molecule has 0 amide bonds. The summed E-state index contributed by atoms with van der Waals surface area (Å²) in [5.74, 6) is 2.13. The van der Waals surface area contributed by atoms with Crippen LogP contribution in [0.2, 0.25) is 0 Å². The van der Waals surface area contributed by atoms with Gasteiger partial charge in [0.15, 0.2) is 0 Å². The number of rotatable bonds is 1. The lowest BCUT2D eigenvalue weighted by molar-refractivity contribution is 0.342. The van der Waals surface area contributed by atoms with Crippen LogP contribution in [0.1, 0.15) is 27.7 Å². The average molecular weight is 165 g/mol. The smallest absolute Gasteiger partial charge is 0.0420 e. The summed E-state index contributed by atoms with van der Waals surface area (Å²) in [5.41, 5.74) is 1.32. The van der Waals surface area contributed by atoms with Crippen molar-refractivity contribution in [1.29, 1.82) is 0 Å². The Kier molecular flexibility index (Phi) is 3.07. The van der Waals surface area contributed by atoms with Crippen LogP contribution in [0.15, 0.2) is 16.6 Å². The van der Waals surface area contributed by atoms with Gasteiger partial charge in [0.05, 0.1) is 0 Å². The van der Waals surface area contributed by atoms with Gasteiger partial charge in [0.2, 0.25) is 0 Å². The third-order valence-electron chi connectivity index (χ3n) is 2.57. The molecule has 12 heavy (non-hydrogen) atoms. The van der Waals surface area contributed by atoms with Crippen LogP contribution in [0, 0.1) is 17.8 Å². The molecule has 2 atom stereocenters. The van der Waals surface area contributed by atoms with Gasteiger partial charge in [-0.25, -0.2) is 0 Å². The first-order valence-corrected chi connectivity index (χ1v) is 4.79. The fraction of sp³-hybridized carbons (Fsp3) is 0.727. The van der Waals surface area contributed by atoms with E-state index in [9.17, 15) is 0 Å². The largest absolute Gasteiger partial charge is 0.293 e.